The van der Waals surface area contributed by atoms with E-state index in [1.165, 1.54) is 0 Å². The quantitative estimate of drug-likeness (QED) is 0.858. The second-order valence-corrected chi connectivity index (χ2v) is 6.46. The van der Waals surface area contributed by atoms with Crippen LogP contribution in [0.4, 0.5) is 4.79 Å². The number of aryl methyl sites for hydroxylation is 1. The van der Waals surface area contributed by atoms with Gasteiger partial charge in [0.15, 0.2) is 0 Å². The lowest BCUT2D eigenvalue weighted by molar-refractivity contribution is 0.131. The van der Waals surface area contributed by atoms with Crippen LogP contribution in [0.25, 0.3) is 0 Å². The van der Waals surface area contributed by atoms with Gasteiger partial charge in [-0.2, -0.15) is 0 Å². The molecule has 0 radical (unpaired) electrons. The van der Waals surface area contributed by atoms with Crippen molar-refractivity contribution in [3.8, 4) is 0 Å². The molecule has 2 aromatic heterocycles. The molecule has 26 heavy (non-hydrogen) atoms. The summed E-state index contributed by atoms with van der Waals surface area (Å²) in [7, 11) is 0. The van der Waals surface area contributed by atoms with Crippen molar-refractivity contribution in [2.24, 2.45) is 0 Å². The number of hydrogen-bond donors (Lipinski definition) is 1. The molecule has 0 bridgehead atoms. The molecule has 0 unspecified atom stereocenters. The highest BCUT2D eigenvalue weighted by molar-refractivity contribution is 5.74. The van der Waals surface area contributed by atoms with Gasteiger partial charge < -0.3 is 19.4 Å². The fourth-order valence-corrected chi connectivity index (χ4v) is 3.23. The van der Waals surface area contributed by atoms with Crippen LogP contribution in [0.1, 0.15) is 48.5 Å². The molecule has 2 aromatic rings. The van der Waals surface area contributed by atoms with Crippen LogP contribution in [0.3, 0.4) is 0 Å². The maximum Gasteiger partial charge on any atom is 0.317 e. The van der Waals surface area contributed by atoms with E-state index in [1.807, 2.05) is 37.1 Å². The largest absolute Gasteiger partial charge is 0.467 e. The number of hydrogen-bond acceptors (Lipinski definition) is 5. The first-order valence-electron chi connectivity index (χ1n) is 9.12. The van der Waals surface area contributed by atoms with Crippen LogP contribution in [-0.2, 0) is 17.9 Å². The zero-order valence-corrected chi connectivity index (χ0v) is 15.4. The van der Waals surface area contributed by atoms with Crippen LogP contribution in [0.5, 0.6) is 0 Å². The highest BCUT2D eigenvalue weighted by atomic mass is 16.5. The SMILES string of the molecule is CCOCc1cnc(C)nc1C1CCN(C(=O)NCc2ccco2)CC1. The van der Waals surface area contributed by atoms with Gasteiger partial charge in [0, 0.05) is 37.4 Å². The summed E-state index contributed by atoms with van der Waals surface area (Å²) < 4.78 is 10.8. The zero-order valence-electron chi connectivity index (χ0n) is 15.4. The minimum atomic E-state index is -0.0479. The van der Waals surface area contributed by atoms with E-state index in [2.05, 4.69) is 15.3 Å². The lowest BCUT2D eigenvalue weighted by Gasteiger charge is -2.32. The molecule has 0 atom stereocenters. The van der Waals surface area contributed by atoms with Gasteiger partial charge in [0.1, 0.15) is 11.6 Å². The third-order valence-corrected chi connectivity index (χ3v) is 4.64. The Labute approximate surface area is 153 Å². The molecule has 7 heteroatoms. The number of amides is 2. The lowest BCUT2D eigenvalue weighted by atomic mass is 9.91. The molecule has 1 N–H and O–H groups in total. The van der Waals surface area contributed by atoms with E-state index in [4.69, 9.17) is 9.15 Å². The van der Waals surface area contributed by atoms with Crippen molar-refractivity contribution >= 4 is 6.03 Å². The summed E-state index contributed by atoms with van der Waals surface area (Å²) in [6.07, 6.45) is 5.26. The minimum absolute atomic E-state index is 0.0479. The standard InChI is InChI=1S/C19H26N4O3/c1-3-25-13-16-11-20-14(2)22-18(16)15-6-8-23(9-7-15)19(24)21-12-17-5-4-10-26-17/h4-5,10-11,15H,3,6-9,12-13H2,1-2H3,(H,21,24). The third kappa shape index (κ3) is 4.60. The topological polar surface area (TPSA) is 80.5 Å². The van der Waals surface area contributed by atoms with Crippen molar-refractivity contribution in [1.29, 1.82) is 0 Å². The smallest absolute Gasteiger partial charge is 0.317 e. The number of carbonyl (C=O) groups is 1. The molecule has 2 amide bonds. The van der Waals surface area contributed by atoms with E-state index in [1.54, 1.807) is 6.26 Å². The van der Waals surface area contributed by atoms with Crippen LogP contribution in [0, 0.1) is 6.92 Å². The molecular weight excluding hydrogens is 332 g/mol. The summed E-state index contributed by atoms with van der Waals surface area (Å²) in [4.78, 5) is 23.2. The molecular formula is C19H26N4O3. The van der Waals surface area contributed by atoms with E-state index >= 15 is 0 Å². The number of urea groups is 1. The van der Waals surface area contributed by atoms with E-state index in [-0.39, 0.29) is 6.03 Å². The molecule has 1 saturated heterocycles. The summed E-state index contributed by atoms with van der Waals surface area (Å²) >= 11 is 0. The third-order valence-electron chi connectivity index (χ3n) is 4.64. The Morgan fingerprint density at radius 2 is 2.23 bits per heavy atom. The Bertz CT molecular complexity index is 710. The van der Waals surface area contributed by atoms with Crippen LogP contribution in [0.15, 0.2) is 29.0 Å². The van der Waals surface area contributed by atoms with Crippen LogP contribution in [-0.4, -0.2) is 40.6 Å². The summed E-state index contributed by atoms with van der Waals surface area (Å²) in [5, 5.41) is 2.91. The summed E-state index contributed by atoms with van der Waals surface area (Å²) in [5.41, 5.74) is 2.12. The molecule has 0 spiro atoms. The van der Waals surface area contributed by atoms with Gasteiger partial charge in [-0.3, -0.25) is 0 Å². The van der Waals surface area contributed by atoms with Crippen LogP contribution in [0.2, 0.25) is 0 Å². The number of piperidine rings is 1. The first-order valence-corrected chi connectivity index (χ1v) is 9.12. The van der Waals surface area contributed by atoms with E-state index < -0.39 is 0 Å². The highest BCUT2D eigenvalue weighted by Crippen LogP contribution is 2.29. The van der Waals surface area contributed by atoms with Gasteiger partial charge in [-0.05, 0) is 38.8 Å². The summed E-state index contributed by atoms with van der Waals surface area (Å²) in [6.45, 7) is 6.93. The normalized spacial score (nSPS) is 15.2. The van der Waals surface area contributed by atoms with Gasteiger partial charge in [-0.15, -0.1) is 0 Å². The molecule has 0 saturated carbocycles. The van der Waals surface area contributed by atoms with Crippen molar-refractivity contribution in [2.75, 3.05) is 19.7 Å². The van der Waals surface area contributed by atoms with E-state index in [0.717, 1.165) is 35.7 Å². The van der Waals surface area contributed by atoms with Gasteiger partial charge in [0.05, 0.1) is 25.1 Å². The molecule has 0 aromatic carbocycles. The van der Waals surface area contributed by atoms with Crippen LogP contribution >= 0.6 is 0 Å². The summed E-state index contributed by atoms with van der Waals surface area (Å²) in [6, 6.07) is 3.62. The first kappa shape index (κ1) is 18.4. The highest BCUT2D eigenvalue weighted by Gasteiger charge is 2.26. The molecule has 0 aliphatic carbocycles. The molecule has 1 fully saturated rings. The number of rotatable bonds is 6. The van der Waals surface area contributed by atoms with Crippen molar-refractivity contribution in [1.82, 2.24) is 20.2 Å². The van der Waals surface area contributed by atoms with E-state index in [0.29, 0.717) is 38.8 Å². The Kier molecular flexibility index (Phi) is 6.22. The van der Waals surface area contributed by atoms with Crippen molar-refractivity contribution in [3.63, 3.8) is 0 Å². The van der Waals surface area contributed by atoms with Crippen molar-refractivity contribution in [3.05, 3.63) is 47.4 Å². The average Bonchev–Trinajstić information content (AvgIpc) is 3.19. The number of nitrogens with zero attached hydrogens (tertiary/aromatic N) is 3. The van der Waals surface area contributed by atoms with Gasteiger partial charge in [0.2, 0.25) is 0 Å². The number of furan rings is 1. The number of aromatic nitrogens is 2. The number of ether oxygens (including phenoxy) is 1. The molecule has 7 nitrogen and oxygen atoms in total. The molecule has 3 rings (SSSR count). The van der Waals surface area contributed by atoms with Gasteiger partial charge in [-0.25, -0.2) is 14.8 Å². The Balaban J connectivity index is 1.56. The average molecular weight is 358 g/mol. The Hall–Kier alpha value is -2.41. The van der Waals surface area contributed by atoms with Gasteiger partial charge in [0.25, 0.3) is 0 Å². The summed E-state index contributed by atoms with van der Waals surface area (Å²) in [5.74, 6) is 1.87. The molecule has 140 valence electrons. The molecule has 3 heterocycles. The van der Waals surface area contributed by atoms with Gasteiger partial charge >= 0.3 is 6.03 Å². The fraction of sp³-hybridized carbons (Fsp3) is 0.526. The van der Waals surface area contributed by atoms with E-state index in [9.17, 15) is 4.79 Å². The fourth-order valence-electron chi connectivity index (χ4n) is 3.23. The second kappa shape index (κ2) is 8.80. The molecule has 1 aliphatic heterocycles. The maximum absolute atomic E-state index is 12.3. The predicted octanol–water partition coefficient (Wildman–Crippen LogP) is 3.00. The predicted molar refractivity (Wildman–Crippen MR) is 96.6 cm³/mol. The van der Waals surface area contributed by atoms with Gasteiger partial charge in [-0.1, -0.05) is 0 Å². The van der Waals surface area contributed by atoms with Crippen molar-refractivity contribution in [2.45, 2.75) is 45.8 Å². The Morgan fingerprint density at radius 1 is 1.42 bits per heavy atom. The molecule has 1 aliphatic rings. The zero-order chi connectivity index (χ0) is 18.4. The number of carbonyl (C=O) groups excluding carboxylic acids is 1. The van der Waals surface area contributed by atoms with Crippen LogP contribution < -0.4 is 5.32 Å². The first-order chi connectivity index (χ1) is 12.7. The number of likely N-dealkylation sites (tertiary alicyclic amines) is 1. The second-order valence-electron chi connectivity index (χ2n) is 6.46. The number of nitrogens with one attached hydrogen (secondary N) is 1. The Morgan fingerprint density at radius 3 is 2.92 bits per heavy atom. The van der Waals surface area contributed by atoms with Crippen molar-refractivity contribution < 1.29 is 13.9 Å². The lowest BCUT2D eigenvalue weighted by Crippen LogP contribution is -2.44. The monoisotopic (exact) mass is 358 g/mol. The maximum atomic E-state index is 12.3. The minimum Gasteiger partial charge on any atom is -0.467 e.